The molecule has 0 radical (unpaired) electrons. The Balaban J connectivity index is 2.03. The molecule has 1 aliphatic rings. The fourth-order valence-corrected chi connectivity index (χ4v) is 3.32. The Morgan fingerprint density at radius 3 is 2.52 bits per heavy atom. The summed E-state index contributed by atoms with van der Waals surface area (Å²) in [6.07, 6.45) is 3.75. The standard InChI is InChI=1S/C19H22N2/c1-19(2)10-5-12-21(13-11-19)18-9-8-15(14-20)16-6-3-4-7-17(16)18/h3-4,6-9H,5,10-13H2,1-2H3. The molecule has 0 unspecified atom stereocenters. The van der Waals surface area contributed by atoms with Crippen molar-refractivity contribution in [2.45, 2.75) is 33.1 Å². The SMILES string of the molecule is CC1(C)CCCN(c2ccc(C#N)c3ccccc23)CC1. The Morgan fingerprint density at radius 2 is 1.76 bits per heavy atom. The zero-order chi connectivity index (χ0) is 14.9. The van der Waals surface area contributed by atoms with Crippen LogP contribution in [0.1, 0.15) is 38.7 Å². The number of benzene rings is 2. The molecule has 1 heterocycles. The van der Waals surface area contributed by atoms with E-state index in [-0.39, 0.29) is 0 Å². The van der Waals surface area contributed by atoms with Gasteiger partial charge in [0.05, 0.1) is 11.6 Å². The summed E-state index contributed by atoms with van der Waals surface area (Å²) >= 11 is 0. The van der Waals surface area contributed by atoms with Crippen molar-refractivity contribution in [1.29, 1.82) is 5.26 Å². The number of nitrogens with zero attached hydrogens (tertiary/aromatic N) is 2. The van der Waals surface area contributed by atoms with Gasteiger partial charge in [-0.1, -0.05) is 38.1 Å². The van der Waals surface area contributed by atoms with Gasteiger partial charge in [0.25, 0.3) is 0 Å². The van der Waals surface area contributed by atoms with Crippen molar-refractivity contribution in [1.82, 2.24) is 0 Å². The van der Waals surface area contributed by atoms with Crippen LogP contribution in [0.3, 0.4) is 0 Å². The molecular formula is C19H22N2. The quantitative estimate of drug-likeness (QED) is 0.754. The van der Waals surface area contributed by atoms with Crippen molar-refractivity contribution in [2.24, 2.45) is 5.41 Å². The van der Waals surface area contributed by atoms with Crippen LogP contribution >= 0.6 is 0 Å². The average molecular weight is 278 g/mol. The monoisotopic (exact) mass is 278 g/mol. The smallest absolute Gasteiger partial charge is 0.0998 e. The first-order valence-electron chi connectivity index (χ1n) is 7.77. The zero-order valence-electron chi connectivity index (χ0n) is 12.9. The molecule has 1 aliphatic heterocycles. The van der Waals surface area contributed by atoms with Crippen LogP contribution in [0.2, 0.25) is 0 Å². The van der Waals surface area contributed by atoms with Crippen molar-refractivity contribution in [2.75, 3.05) is 18.0 Å². The lowest BCUT2D eigenvalue weighted by Gasteiger charge is -2.26. The maximum Gasteiger partial charge on any atom is 0.0998 e. The molecule has 0 atom stereocenters. The van der Waals surface area contributed by atoms with Gasteiger partial charge in [-0.05, 0) is 36.8 Å². The third-order valence-electron chi connectivity index (χ3n) is 4.70. The van der Waals surface area contributed by atoms with E-state index < -0.39 is 0 Å². The first kappa shape index (κ1) is 13.9. The van der Waals surface area contributed by atoms with Gasteiger partial charge in [-0.25, -0.2) is 0 Å². The minimum absolute atomic E-state index is 0.442. The predicted molar refractivity (Wildman–Crippen MR) is 88.5 cm³/mol. The Morgan fingerprint density at radius 1 is 1.00 bits per heavy atom. The normalized spacial score (nSPS) is 18.2. The maximum atomic E-state index is 9.29. The van der Waals surface area contributed by atoms with Crippen LogP contribution in [0.5, 0.6) is 0 Å². The number of rotatable bonds is 1. The third-order valence-corrected chi connectivity index (χ3v) is 4.70. The first-order valence-corrected chi connectivity index (χ1v) is 7.77. The zero-order valence-corrected chi connectivity index (χ0v) is 12.9. The summed E-state index contributed by atoms with van der Waals surface area (Å²) in [5, 5.41) is 11.6. The van der Waals surface area contributed by atoms with Crippen LogP contribution in [-0.2, 0) is 0 Å². The van der Waals surface area contributed by atoms with Crippen molar-refractivity contribution in [3.05, 3.63) is 42.0 Å². The van der Waals surface area contributed by atoms with E-state index in [2.05, 4.69) is 49.1 Å². The van der Waals surface area contributed by atoms with Gasteiger partial charge in [0.15, 0.2) is 0 Å². The second kappa shape index (κ2) is 5.41. The van der Waals surface area contributed by atoms with Crippen LogP contribution in [0, 0.1) is 16.7 Å². The fourth-order valence-electron chi connectivity index (χ4n) is 3.32. The molecule has 0 aliphatic carbocycles. The minimum Gasteiger partial charge on any atom is -0.371 e. The maximum absolute atomic E-state index is 9.29. The molecule has 0 amide bonds. The van der Waals surface area contributed by atoms with Gasteiger partial charge >= 0.3 is 0 Å². The Bertz CT molecular complexity index is 694. The number of hydrogen-bond donors (Lipinski definition) is 0. The van der Waals surface area contributed by atoms with Gasteiger partial charge < -0.3 is 4.90 Å². The number of fused-ring (bicyclic) bond motifs is 1. The van der Waals surface area contributed by atoms with Gasteiger partial charge in [0.2, 0.25) is 0 Å². The highest BCUT2D eigenvalue weighted by Gasteiger charge is 2.24. The average Bonchev–Trinajstić information content (AvgIpc) is 2.67. The topological polar surface area (TPSA) is 27.0 Å². The Hall–Kier alpha value is -2.01. The summed E-state index contributed by atoms with van der Waals surface area (Å²) in [7, 11) is 0. The highest BCUT2D eigenvalue weighted by atomic mass is 15.1. The number of nitriles is 1. The molecule has 0 bridgehead atoms. The molecule has 0 aromatic heterocycles. The molecule has 108 valence electrons. The van der Waals surface area contributed by atoms with Gasteiger partial charge in [-0.3, -0.25) is 0 Å². The lowest BCUT2D eigenvalue weighted by Crippen LogP contribution is -2.25. The molecule has 3 rings (SSSR count). The molecule has 0 saturated carbocycles. The molecule has 1 fully saturated rings. The summed E-state index contributed by atoms with van der Waals surface area (Å²) in [6, 6.07) is 14.7. The van der Waals surface area contributed by atoms with Crippen LogP contribution in [0.4, 0.5) is 5.69 Å². The lowest BCUT2D eigenvalue weighted by atomic mass is 9.85. The third kappa shape index (κ3) is 2.74. The van der Waals surface area contributed by atoms with E-state index in [1.54, 1.807) is 0 Å². The summed E-state index contributed by atoms with van der Waals surface area (Å²) < 4.78 is 0. The Kier molecular flexibility index (Phi) is 3.59. The van der Waals surface area contributed by atoms with Gasteiger partial charge in [0.1, 0.15) is 0 Å². The van der Waals surface area contributed by atoms with E-state index in [0.717, 1.165) is 24.0 Å². The van der Waals surface area contributed by atoms with Crippen molar-refractivity contribution >= 4 is 16.5 Å². The summed E-state index contributed by atoms with van der Waals surface area (Å²) in [5.41, 5.74) is 2.49. The van der Waals surface area contributed by atoms with Crippen LogP contribution in [0.25, 0.3) is 10.8 Å². The molecule has 1 saturated heterocycles. The molecule has 0 spiro atoms. The van der Waals surface area contributed by atoms with Crippen molar-refractivity contribution in [3.8, 4) is 6.07 Å². The van der Waals surface area contributed by atoms with E-state index in [4.69, 9.17) is 0 Å². The molecule has 21 heavy (non-hydrogen) atoms. The van der Waals surface area contributed by atoms with Crippen molar-refractivity contribution in [3.63, 3.8) is 0 Å². The first-order chi connectivity index (χ1) is 10.1. The van der Waals surface area contributed by atoms with Crippen LogP contribution in [0.15, 0.2) is 36.4 Å². The highest BCUT2D eigenvalue weighted by Crippen LogP contribution is 2.35. The van der Waals surface area contributed by atoms with E-state index in [9.17, 15) is 5.26 Å². The lowest BCUT2D eigenvalue weighted by molar-refractivity contribution is 0.325. The molecule has 2 aromatic rings. The number of anilines is 1. The minimum atomic E-state index is 0.442. The predicted octanol–water partition coefficient (Wildman–Crippen LogP) is 4.73. The summed E-state index contributed by atoms with van der Waals surface area (Å²) in [4.78, 5) is 2.50. The second-order valence-electron chi connectivity index (χ2n) is 6.79. The molecular weight excluding hydrogens is 256 g/mol. The largest absolute Gasteiger partial charge is 0.371 e. The van der Waals surface area contributed by atoms with Crippen LogP contribution in [-0.4, -0.2) is 13.1 Å². The summed E-state index contributed by atoms with van der Waals surface area (Å²) in [6.45, 7) is 6.95. The number of hydrogen-bond acceptors (Lipinski definition) is 2. The van der Waals surface area contributed by atoms with E-state index >= 15 is 0 Å². The Labute approximate surface area is 127 Å². The van der Waals surface area contributed by atoms with Gasteiger partial charge in [0, 0.05) is 29.5 Å². The second-order valence-corrected chi connectivity index (χ2v) is 6.79. The fraction of sp³-hybridized carbons (Fsp3) is 0.421. The van der Waals surface area contributed by atoms with E-state index in [0.29, 0.717) is 5.41 Å². The van der Waals surface area contributed by atoms with E-state index in [1.807, 2.05) is 12.1 Å². The van der Waals surface area contributed by atoms with E-state index in [1.165, 1.54) is 30.3 Å². The molecule has 2 nitrogen and oxygen atoms in total. The van der Waals surface area contributed by atoms with Gasteiger partial charge in [-0.2, -0.15) is 5.26 Å². The molecule has 0 N–H and O–H groups in total. The van der Waals surface area contributed by atoms with Crippen molar-refractivity contribution < 1.29 is 0 Å². The highest BCUT2D eigenvalue weighted by molar-refractivity contribution is 5.97. The van der Waals surface area contributed by atoms with Crippen LogP contribution < -0.4 is 4.90 Å². The summed E-state index contributed by atoms with van der Waals surface area (Å²) in [5.74, 6) is 0. The molecule has 2 heteroatoms. The van der Waals surface area contributed by atoms with Gasteiger partial charge in [-0.15, -0.1) is 0 Å². The molecule has 2 aromatic carbocycles.